The summed E-state index contributed by atoms with van der Waals surface area (Å²) in [5.74, 6) is 0. The van der Waals surface area contributed by atoms with Gasteiger partial charge in [0.05, 0.1) is 24.4 Å². The van der Waals surface area contributed by atoms with E-state index in [0.717, 1.165) is 10.4 Å². The van der Waals surface area contributed by atoms with Crippen LogP contribution in [0.4, 0.5) is 0 Å². The number of rotatable bonds is 3. The molecular weight excluding hydrogens is 224 g/mol. The third-order valence-electron chi connectivity index (χ3n) is 2.78. The highest BCUT2D eigenvalue weighted by molar-refractivity contribution is 7.16. The van der Waals surface area contributed by atoms with Crippen molar-refractivity contribution in [2.24, 2.45) is 0 Å². The average molecular weight is 238 g/mol. The van der Waals surface area contributed by atoms with Crippen molar-refractivity contribution in [2.75, 3.05) is 6.61 Å². The molecule has 1 unspecified atom stereocenters. The van der Waals surface area contributed by atoms with E-state index in [1.807, 2.05) is 19.2 Å². The van der Waals surface area contributed by atoms with Crippen LogP contribution in [0.25, 0.3) is 10.2 Å². The number of aromatic nitrogens is 2. The summed E-state index contributed by atoms with van der Waals surface area (Å²) in [7, 11) is 0. The molecule has 4 nitrogen and oxygen atoms in total. The second kappa shape index (κ2) is 4.35. The number of thiophene rings is 1. The van der Waals surface area contributed by atoms with Gasteiger partial charge in [0.15, 0.2) is 0 Å². The van der Waals surface area contributed by atoms with Crippen LogP contribution < -0.4 is 5.56 Å². The molecule has 1 N–H and O–H groups in total. The number of aliphatic hydroxyl groups excluding tert-OH is 1. The Kier molecular flexibility index (Phi) is 3.07. The lowest BCUT2D eigenvalue weighted by atomic mass is 10.2. The van der Waals surface area contributed by atoms with E-state index < -0.39 is 0 Å². The maximum absolute atomic E-state index is 12.2. The largest absolute Gasteiger partial charge is 0.394 e. The lowest BCUT2D eigenvalue weighted by Gasteiger charge is -2.14. The molecule has 0 aromatic carbocycles. The zero-order valence-electron chi connectivity index (χ0n) is 9.30. The zero-order chi connectivity index (χ0) is 11.7. The molecule has 2 rings (SSSR count). The van der Waals surface area contributed by atoms with Crippen molar-refractivity contribution in [1.29, 1.82) is 0 Å². The first-order valence-electron chi connectivity index (χ1n) is 5.24. The Bertz CT molecular complexity index is 555. The molecule has 2 aromatic rings. The van der Waals surface area contributed by atoms with Crippen molar-refractivity contribution in [2.45, 2.75) is 26.3 Å². The number of aryl methyl sites for hydroxylation is 1. The first kappa shape index (κ1) is 11.3. The molecule has 0 radical (unpaired) electrons. The summed E-state index contributed by atoms with van der Waals surface area (Å²) in [6, 6.07) is -0.177. The number of hydrogen-bond donors (Lipinski definition) is 1. The Morgan fingerprint density at radius 3 is 3.00 bits per heavy atom. The molecule has 0 aliphatic rings. The SMILES string of the molecule is CCC(CO)n1cnc2scc(C)c2c1=O. The van der Waals surface area contributed by atoms with Crippen molar-refractivity contribution in [3.8, 4) is 0 Å². The fourth-order valence-electron chi connectivity index (χ4n) is 1.76. The van der Waals surface area contributed by atoms with E-state index in [1.54, 1.807) is 0 Å². The van der Waals surface area contributed by atoms with Gasteiger partial charge >= 0.3 is 0 Å². The van der Waals surface area contributed by atoms with Crippen LogP contribution in [0.3, 0.4) is 0 Å². The van der Waals surface area contributed by atoms with Gasteiger partial charge in [-0.25, -0.2) is 4.98 Å². The summed E-state index contributed by atoms with van der Waals surface area (Å²) in [4.78, 5) is 17.2. The molecule has 0 bridgehead atoms. The maximum Gasteiger partial charge on any atom is 0.262 e. The molecule has 2 heterocycles. The molecule has 5 heteroatoms. The van der Waals surface area contributed by atoms with E-state index in [1.165, 1.54) is 22.2 Å². The van der Waals surface area contributed by atoms with Gasteiger partial charge in [0, 0.05) is 0 Å². The number of fused-ring (bicyclic) bond motifs is 1. The minimum Gasteiger partial charge on any atom is -0.394 e. The average Bonchev–Trinajstić information content (AvgIpc) is 2.66. The molecule has 0 saturated heterocycles. The monoisotopic (exact) mass is 238 g/mol. The van der Waals surface area contributed by atoms with Crippen LogP contribution in [-0.2, 0) is 0 Å². The zero-order valence-corrected chi connectivity index (χ0v) is 10.1. The third kappa shape index (κ3) is 1.66. The Morgan fingerprint density at radius 2 is 2.38 bits per heavy atom. The van der Waals surface area contributed by atoms with E-state index in [2.05, 4.69) is 4.98 Å². The molecule has 0 spiro atoms. The van der Waals surface area contributed by atoms with Crippen molar-refractivity contribution < 1.29 is 5.11 Å². The standard InChI is InChI=1S/C11H14N2O2S/c1-3-8(4-14)13-6-12-10-9(11(13)15)7(2)5-16-10/h5-6,8,14H,3-4H2,1-2H3. The molecular formula is C11H14N2O2S. The lowest BCUT2D eigenvalue weighted by Crippen LogP contribution is -2.26. The van der Waals surface area contributed by atoms with E-state index in [9.17, 15) is 9.90 Å². The van der Waals surface area contributed by atoms with Gasteiger partial charge in [0.2, 0.25) is 0 Å². The first-order valence-corrected chi connectivity index (χ1v) is 6.12. The van der Waals surface area contributed by atoms with Gasteiger partial charge in [0.25, 0.3) is 5.56 Å². The van der Waals surface area contributed by atoms with E-state index in [4.69, 9.17) is 0 Å². The summed E-state index contributed by atoms with van der Waals surface area (Å²) >= 11 is 1.48. The van der Waals surface area contributed by atoms with Gasteiger partial charge in [-0.3, -0.25) is 9.36 Å². The molecule has 0 saturated carbocycles. The number of aliphatic hydroxyl groups is 1. The van der Waals surface area contributed by atoms with Crippen LogP contribution in [0.5, 0.6) is 0 Å². The second-order valence-electron chi connectivity index (χ2n) is 3.80. The van der Waals surface area contributed by atoms with Crippen molar-refractivity contribution in [3.63, 3.8) is 0 Å². The summed E-state index contributed by atoms with van der Waals surface area (Å²) in [6.07, 6.45) is 2.25. The van der Waals surface area contributed by atoms with Gasteiger partial charge in [-0.15, -0.1) is 11.3 Å². The highest BCUT2D eigenvalue weighted by Crippen LogP contribution is 2.20. The molecule has 0 fully saturated rings. The van der Waals surface area contributed by atoms with E-state index >= 15 is 0 Å². The van der Waals surface area contributed by atoms with Gasteiger partial charge in [-0.2, -0.15) is 0 Å². The minimum absolute atomic E-state index is 0.0349. The Hall–Kier alpha value is -1.20. The molecule has 0 aliphatic heterocycles. The van der Waals surface area contributed by atoms with E-state index in [0.29, 0.717) is 11.8 Å². The summed E-state index contributed by atoms with van der Waals surface area (Å²) in [5, 5.41) is 11.8. The Balaban J connectivity index is 2.68. The Morgan fingerprint density at radius 1 is 1.62 bits per heavy atom. The maximum atomic E-state index is 12.2. The summed E-state index contributed by atoms with van der Waals surface area (Å²) in [5.41, 5.74) is 0.907. The number of nitrogens with zero attached hydrogens (tertiary/aromatic N) is 2. The predicted molar refractivity (Wildman–Crippen MR) is 65.0 cm³/mol. The minimum atomic E-state index is -0.177. The fourth-order valence-corrected chi connectivity index (χ4v) is 2.64. The van der Waals surface area contributed by atoms with Gasteiger partial charge in [-0.1, -0.05) is 6.92 Å². The van der Waals surface area contributed by atoms with Gasteiger partial charge < -0.3 is 5.11 Å². The predicted octanol–water partition coefficient (Wildman–Crippen LogP) is 1.71. The van der Waals surface area contributed by atoms with Gasteiger partial charge in [0.1, 0.15) is 4.83 Å². The quantitative estimate of drug-likeness (QED) is 0.885. The fraction of sp³-hybridized carbons (Fsp3) is 0.455. The topological polar surface area (TPSA) is 55.1 Å². The first-order chi connectivity index (χ1) is 7.69. The highest BCUT2D eigenvalue weighted by atomic mass is 32.1. The van der Waals surface area contributed by atoms with Crippen molar-refractivity contribution >= 4 is 21.6 Å². The van der Waals surface area contributed by atoms with Crippen LogP contribution in [0, 0.1) is 6.92 Å². The Labute approximate surface area is 97.2 Å². The lowest BCUT2D eigenvalue weighted by molar-refractivity contribution is 0.221. The van der Waals surface area contributed by atoms with E-state index in [-0.39, 0.29) is 18.2 Å². The molecule has 16 heavy (non-hydrogen) atoms. The van der Waals surface area contributed by atoms with Crippen LogP contribution in [-0.4, -0.2) is 21.3 Å². The molecule has 0 aliphatic carbocycles. The summed E-state index contributed by atoms with van der Waals surface area (Å²) in [6.45, 7) is 3.82. The second-order valence-corrected chi connectivity index (χ2v) is 4.66. The highest BCUT2D eigenvalue weighted by Gasteiger charge is 2.13. The molecule has 0 amide bonds. The van der Waals surface area contributed by atoms with Crippen molar-refractivity contribution in [1.82, 2.24) is 9.55 Å². The summed E-state index contributed by atoms with van der Waals surface area (Å²) < 4.78 is 1.53. The van der Waals surface area contributed by atoms with Crippen LogP contribution in [0.2, 0.25) is 0 Å². The van der Waals surface area contributed by atoms with Crippen LogP contribution in [0.1, 0.15) is 24.9 Å². The van der Waals surface area contributed by atoms with Crippen LogP contribution in [0.15, 0.2) is 16.5 Å². The molecule has 1 atom stereocenters. The number of hydrogen-bond acceptors (Lipinski definition) is 4. The molecule has 86 valence electrons. The smallest absolute Gasteiger partial charge is 0.262 e. The molecule has 2 aromatic heterocycles. The third-order valence-corrected chi connectivity index (χ3v) is 3.78. The normalized spacial score (nSPS) is 13.2. The van der Waals surface area contributed by atoms with Crippen LogP contribution >= 0.6 is 11.3 Å². The van der Waals surface area contributed by atoms with Gasteiger partial charge in [-0.05, 0) is 24.3 Å². The van der Waals surface area contributed by atoms with Crippen molar-refractivity contribution in [3.05, 3.63) is 27.6 Å².